The second kappa shape index (κ2) is 9.43. The molecule has 1 N–H and O–H groups in total. The van der Waals surface area contributed by atoms with Gasteiger partial charge in [0, 0.05) is 22.3 Å². The summed E-state index contributed by atoms with van der Waals surface area (Å²) in [6, 6.07) is 25.1. The molecule has 4 rings (SSSR count). The van der Waals surface area contributed by atoms with Gasteiger partial charge in [0.15, 0.2) is 5.43 Å². The van der Waals surface area contributed by atoms with Crippen LogP contribution in [0, 0.1) is 6.92 Å². The van der Waals surface area contributed by atoms with Crippen molar-refractivity contribution in [3.8, 4) is 11.3 Å². The maximum absolute atomic E-state index is 13.9. The van der Waals surface area contributed by atoms with Gasteiger partial charge in [-0.1, -0.05) is 77.8 Å². The number of pyridine rings is 1. The Morgan fingerprint density at radius 3 is 2.34 bits per heavy atom. The van der Waals surface area contributed by atoms with Gasteiger partial charge in [-0.15, -0.1) is 0 Å². The Morgan fingerprint density at radius 2 is 1.62 bits per heavy atom. The number of anilines is 1. The minimum Gasteiger partial charge on any atom is -0.358 e. The van der Waals surface area contributed by atoms with Crippen LogP contribution in [0.15, 0.2) is 89.7 Å². The lowest BCUT2D eigenvalue weighted by molar-refractivity contribution is 0.0984. The summed E-state index contributed by atoms with van der Waals surface area (Å²) in [5, 5.41) is 0.931. The number of benzene rings is 3. The molecular formula is C26H20Cl2N2O2. The fourth-order valence-electron chi connectivity index (χ4n) is 3.60. The first-order chi connectivity index (χ1) is 15.4. The molecular weight excluding hydrogens is 443 g/mol. The number of halogens is 2. The number of nitrogens with zero attached hydrogens (tertiary/aromatic N) is 1. The first-order valence-corrected chi connectivity index (χ1v) is 10.8. The Labute approximate surface area is 196 Å². The van der Waals surface area contributed by atoms with Crippen molar-refractivity contribution >= 4 is 34.8 Å². The number of nitrogens with one attached hydrogen (secondary N) is 1. The van der Waals surface area contributed by atoms with Crippen molar-refractivity contribution in [2.24, 2.45) is 0 Å². The lowest BCUT2D eigenvalue weighted by atomic mass is 10.0. The molecule has 0 saturated carbocycles. The maximum atomic E-state index is 13.9. The monoisotopic (exact) mass is 462 g/mol. The lowest BCUT2D eigenvalue weighted by Gasteiger charge is -2.25. The van der Waals surface area contributed by atoms with E-state index in [2.05, 4.69) is 4.98 Å². The Hall–Kier alpha value is -3.34. The molecule has 0 bridgehead atoms. The number of hydrogen-bond donors (Lipinski definition) is 1. The molecule has 0 atom stereocenters. The summed E-state index contributed by atoms with van der Waals surface area (Å²) in [4.78, 5) is 31.7. The van der Waals surface area contributed by atoms with Gasteiger partial charge < -0.3 is 9.88 Å². The summed E-state index contributed by atoms with van der Waals surface area (Å²) in [5.41, 5.74) is 2.83. The number of carbonyl (C=O) groups excluding carboxylic acids is 1. The zero-order valence-corrected chi connectivity index (χ0v) is 18.8. The van der Waals surface area contributed by atoms with Crippen LogP contribution in [-0.4, -0.2) is 10.9 Å². The molecule has 0 fully saturated rings. The molecule has 1 aromatic heterocycles. The molecule has 0 aliphatic heterocycles. The number of H-pyrrole nitrogens is 1. The van der Waals surface area contributed by atoms with Crippen LogP contribution in [0.5, 0.6) is 0 Å². The van der Waals surface area contributed by atoms with E-state index in [0.29, 0.717) is 32.7 Å². The quantitative estimate of drug-likeness (QED) is 0.367. The largest absolute Gasteiger partial charge is 0.358 e. The molecule has 1 heterocycles. The molecule has 3 aromatic carbocycles. The minimum absolute atomic E-state index is 0.0358. The van der Waals surface area contributed by atoms with Gasteiger partial charge in [0.05, 0.1) is 22.9 Å². The molecule has 0 radical (unpaired) electrons. The summed E-state index contributed by atoms with van der Waals surface area (Å²) < 4.78 is 0. The molecule has 6 heteroatoms. The van der Waals surface area contributed by atoms with Gasteiger partial charge in [0.2, 0.25) is 0 Å². The SMILES string of the molecule is Cc1cc(=O)c(C(=O)N(Cc2ccccc2)c2ccccc2Cl)c(-c2cccc(Cl)c2)[nH]1. The molecule has 0 aliphatic rings. The summed E-state index contributed by atoms with van der Waals surface area (Å²) >= 11 is 12.7. The van der Waals surface area contributed by atoms with Crippen LogP contribution in [-0.2, 0) is 6.54 Å². The van der Waals surface area contributed by atoms with E-state index >= 15 is 0 Å². The summed E-state index contributed by atoms with van der Waals surface area (Å²) in [7, 11) is 0. The van der Waals surface area contributed by atoms with E-state index in [1.807, 2.05) is 42.5 Å². The Morgan fingerprint density at radius 1 is 0.906 bits per heavy atom. The molecule has 4 aromatic rings. The number of aromatic nitrogens is 1. The number of carbonyl (C=O) groups is 1. The van der Waals surface area contributed by atoms with E-state index in [9.17, 15) is 9.59 Å². The van der Waals surface area contributed by atoms with E-state index in [4.69, 9.17) is 23.2 Å². The minimum atomic E-state index is -0.446. The van der Waals surface area contributed by atoms with Crippen molar-refractivity contribution in [1.82, 2.24) is 4.98 Å². The fraction of sp³-hybridized carbons (Fsp3) is 0.0769. The van der Waals surface area contributed by atoms with Crippen LogP contribution in [0.1, 0.15) is 21.6 Å². The molecule has 160 valence electrons. The van der Waals surface area contributed by atoms with Gasteiger partial charge in [-0.05, 0) is 36.8 Å². The summed E-state index contributed by atoms with van der Waals surface area (Å²) in [6.45, 7) is 2.03. The zero-order chi connectivity index (χ0) is 22.7. The van der Waals surface area contributed by atoms with Crippen molar-refractivity contribution < 1.29 is 4.79 Å². The normalized spacial score (nSPS) is 10.7. The summed E-state index contributed by atoms with van der Waals surface area (Å²) in [5.74, 6) is -0.446. The number of aromatic amines is 1. The first kappa shape index (κ1) is 21.9. The maximum Gasteiger partial charge on any atom is 0.264 e. The van der Waals surface area contributed by atoms with Gasteiger partial charge in [0.1, 0.15) is 5.56 Å². The molecule has 4 nitrogen and oxygen atoms in total. The third-order valence-electron chi connectivity index (χ3n) is 5.07. The van der Waals surface area contributed by atoms with Crippen LogP contribution < -0.4 is 10.3 Å². The smallest absolute Gasteiger partial charge is 0.264 e. The standard InChI is InChI=1S/C26H20Cl2N2O2/c1-17-14-23(31)24(25(29-17)19-10-7-11-20(27)15-19)26(32)30(16-18-8-3-2-4-9-18)22-13-6-5-12-21(22)28/h2-15H,16H2,1H3,(H,29,31). The van der Waals surface area contributed by atoms with Crippen LogP contribution in [0.25, 0.3) is 11.3 Å². The van der Waals surface area contributed by atoms with Crippen molar-refractivity contribution in [3.63, 3.8) is 0 Å². The van der Waals surface area contributed by atoms with E-state index < -0.39 is 5.91 Å². The average molecular weight is 463 g/mol. The topological polar surface area (TPSA) is 53.2 Å². The third kappa shape index (κ3) is 4.62. The number of amides is 1. The van der Waals surface area contributed by atoms with Crippen LogP contribution in [0.2, 0.25) is 10.0 Å². The number of aryl methyl sites for hydroxylation is 1. The highest BCUT2D eigenvalue weighted by Crippen LogP contribution is 2.30. The van der Waals surface area contributed by atoms with Gasteiger partial charge in [-0.3, -0.25) is 9.59 Å². The van der Waals surface area contributed by atoms with E-state index in [1.54, 1.807) is 43.3 Å². The summed E-state index contributed by atoms with van der Waals surface area (Å²) in [6.07, 6.45) is 0. The number of para-hydroxylation sites is 1. The van der Waals surface area contributed by atoms with Crippen molar-refractivity contribution in [2.75, 3.05) is 4.90 Å². The first-order valence-electron chi connectivity index (χ1n) is 10.0. The van der Waals surface area contributed by atoms with Crippen LogP contribution in [0.3, 0.4) is 0 Å². The van der Waals surface area contributed by atoms with E-state index in [0.717, 1.165) is 5.56 Å². The van der Waals surface area contributed by atoms with Gasteiger partial charge >= 0.3 is 0 Å². The Balaban J connectivity index is 1.89. The number of hydrogen-bond acceptors (Lipinski definition) is 2. The highest BCUT2D eigenvalue weighted by Gasteiger charge is 2.26. The molecule has 1 amide bonds. The van der Waals surface area contributed by atoms with Crippen LogP contribution in [0.4, 0.5) is 5.69 Å². The zero-order valence-electron chi connectivity index (χ0n) is 17.3. The van der Waals surface area contributed by atoms with Crippen LogP contribution >= 0.6 is 23.2 Å². The fourth-order valence-corrected chi connectivity index (χ4v) is 4.03. The molecule has 32 heavy (non-hydrogen) atoms. The second-order valence-electron chi connectivity index (χ2n) is 7.41. The Kier molecular flexibility index (Phi) is 6.45. The highest BCUT2D eigenvalue weighted by molar-refractivity contribution is 6.34. The van der Waals surface area contributed by atoms with E-state index in [1.165, 1.54) is 11.0 Å². The molecule has 0 aliphatic carbocycles. The Bertz CT molecular complexity index is 1330. The van der Waals surface area contributed by atoms with Gasteiger partial charge in [-0.25, -0.2) is 0 Å². The van der Waals surface area contributed by atoms with Gasteiger partial charge in [0.25, 0.3) is 5.91 Å². The molecule has 0 unspecified atom stereocenters. The predicted molar refractivity (Wildman–Crippen MR) is 131 cm³/mol. The van der Waals surface area contributed by atoms with Crippen molar-refractivity contribution in [3.05, 3.63) is 122 Å². The second-order valence-corrected chi connectivity index (χ2v) is 8.25. The van der Waals surface area contributed by atoms with Crippen molar-refractivity contribution in [2.45, 2.75) is 13.5 Å². The van der Waals surface area contributed by atoms with Gasteiger partial charge in [-0.2, -0.15) is 0 Å². The highest BCUT2D eigenvalue weighted by atomic mass is 35.5. The van der Waals surface area contributed by atoms with Crippen molar-refractivity contribution in [1.29, 1.82) is 0 Å². The molecule has 0 spiro atoms. The number of rotatable bonds is 5. The lowest BCUT2D eigenvalue weighted by Crippen LogP contribution is -2.35. The predicted octanol–water partition coefficient (Wildman–Crippen LogP) is 6.50. The molecule has 0 saturated heterocycles. The average Bonchev–Trinajstić information content (AvgIpc) is 2.78. The van der Waals surface area contributed by atoms with E-state index in [-0.39, 0.29) is 17.5 Å². The third-order valence-corrected chi connectivity index (χ3v) is 5.62.